The van der Waals surface area contributed by atoms with E-state index in [-0.39, 0.29) is 5.92 Å². The van der Waals surface area contributed by atoms with Crippen molar-refractivity contribution in [1.82, 2.24) is 10.6 Å². The highest BCUT2D eigenvalue weighted by Crippen LogP contribution is 2.38. The van der Waals surface area contributed by atoms with E-state index >= 15 is 0 Å². The Morgan fingerprint density at radius 1 is 0.913 bits per heavy atom. The quantitative estimate of drug-likeness (QED) is 0.530. The van der Waals surface area contributed by atoms with Gasteiger partial charge in [0.25, 0.3) is 0 Å². The molecule has 130 valence electrons. The first kappa shape index (κ1) is 18.0. The number of hydrogen-bond acceptors (Lipinski definition) is 3. The first-order valence-corrected chi connectivity index (χ1v) is 9.29. The van der Waals surface area contributed by atoms with Crippen LogP contribution in [0.5, 0.6) is 0 Å². The van der Waals surface area contributed by atoms with Crippen LogP contribution >= 0.6 is 0 Å². The van der Waals surface area contributed by atoms with Crippen LogP contribution in [0, 0.1) is 17.8 Å². The van der Waals surface area contributed by atoms with Gasteiger partial charge in [-0.1, -0.05) is 71.1 Å². The van der Waals surface area contributed by atoms with Crippen molar-refractivity contribution in [2.45, 2.75) is 77.6 Å². The number of nitrogens with one attached hydrogen (secondary N) is 2. The fraction of sp³-hybridized carbons (Fsp3) is 0.833. The minimum atomic E-state index is -0.693. The highest BCUT2D eigenvalue weighted by atomic mass is 16.2. The van der Waals surface area contributed by atoms with E-state index in [4.69, 9.17) is 0 Å². The van der Waals surface area contributed by atoms with Crippen LogP contribution in [0.1, 0.15) is 77.6 Å². The van der Waals surface area contributed by atoms with E-state index in [1.165, 1.54) is 38.5 Å². The number of amides is 4. The number of rotatable bonds is 8. The normalized spacial score (nSPS) is 21.9. The van der Waals surface area contributed by atoms with Gasteiger partial charge in [0, 0.05) is 0 Å². The molecule has 2 fully saturated rings. The summed E-state index contributed by atoms with van der Waals surface area (Å²) in [5, 5.41) is 4.56. The average Bonchev–Trinajstić information content (AvgIpc) is 2.53. The molecule has 2 aliphatic rings. The Hall–Kier alpha value is -1.39. The Kier molecular flexibility index (Phi) is 7.06. The summed E-state index contributed by atoms with van der Waals surface area (Å²) in [6.07, 6.45) is 12.6. The molecule has 1 saturated heterocycles. The SMILES string of the molecule is CCCCCCCC(C1CCCCC1)C1C(=O)NC(=O)NC1=O. The molecule has 1 aliphatic heterocycles. The molecule has 1 heterocycles. The summed E-state index contributed by atoms with van der Waals surface area (Å²) in [5.74, 6) is -0.984. The molecule has 5 heteroatoms. The Morgan fingerprint density at radius 2 is 1.52 bits per heavy atom. The molecule has 0 aromatic carbocycles. The summed E-state index contributed by atoms with van der Waals surface area (Å²) < 4.78 is 0. The summed E-state index contributed by atoms with van der Waals surface area (Å²) in [5.41, 5.74) is 0. The van der Waals surface area contributed by atoms with Gasteiger partial charge in [0.15, 0.2) is 0 Å². The number of barbiturate groups is 1. The van der Waals surface area contributed by atoms with Crippen molar-refractivity contribution in [3.05, 3.63) is 0 Å². The molecule has 23 heavy (non-hydrogen) atoms. The molecule has 1 aliphatic carbocycles. The zero-order valence-electron chi connectivity index (χ0n) is 14.2. The van der Waals surface area contributed by atoms with Crippen molar-refractivity contribution in [2.24, 2.45) is 17.8 Å². The lowest BCUT2D eigenvalue weighted by molar-refractivity contribution is -0.139. The third kappa shape index (κ3) is 5.05. The summed E-state index contributed by atoms with van der Waals surface area (Å²) >= 11 is 0. The molecule has 0 aromatic rings. The van der Waals surface area contributed by atoms with E-state index in [0.29, 0.717) is 5.92 Å². The standard InChI is InChI=1S/C18H30N2O3/c1-2-3-4-5-9-12-14(13-10-7-6-8-11-13)15-16(21)19-18(23)20-17(15)22/h13-15H,2-12H2,1H3,(H2,19,20,21,22,23). The predicted molar refractivity (Wildman–Crippen MR) is 88.6 cm³/mol. The predicted octanol–water partition coefficient (Wildman–Crippen LogP) is 3.53. The zero-order chi connectivity index (χ0) is 16.7. The average molecular weight is 322 g/mol. The molecule has 0 bridgehead atoms. The second-order valence-electron chi connectivity index (χ2n) is 7.05. The highest BCUT2D eigenvalue weighted by Gasteiger charge is 2.42. The number of carbonyl (C=O) groups is 3. The number of unbranched alkanes of at least 4 members (excludes halogenated alkanes) is 4. The maximum Gasteiger partial charge on any atom is 0.328 e. The molecule has 2 N–H and O–H groups in total. The van der Waals surface area contributed by atoms with Crippen LogP contribution in [0.15, 0.2) is 0 Å². The summed E-state index contributed by atoms with van der Waals surface area (Å²) in [4.78, 5) is 35.8. The van der Waals surface area contributed by atoms with Crippen LogP contribution in [0.3, 0.4) is 0 Å². The van der Waals surface area contributed by atoms with E-state index in [1.807, 2.05) is 0 Å². The van der Waals surface area contributed by atoms with Crippen molar-refractivity contribution in [3.8, 4) is 0 Å². The zero-order valence-corrected chi connectivity index (χ0v) is 14.2. The van der Waals surface area contributed by atoms with Crippen LogP contribution in [-0.4, -0.2) is 17.8 Å². The maximum atomic E-state index is 12.2. The molecule has 1 saturated carbocycles. The van der Waals surface area contributed by atoms with Gasteiger partial charge in [0.1, 0.15) is 5.92 Å². The number of imide groups is 2. The molecule has 1 atom stereocenters. The Bertz CT molecular complexity index is 410. The smallest absolute Gasteiger partial charge is 0.277 e. The number of hydrogen-bond donors (Lipinski definition) is 2. The van der Waals surface area contributed by atoms with E-state index in [0.717, 1.165) is 32.1 Å². The van der Waals surface area contributed by atoms with E-state index in [9.17, 15) is 14.4 Å². The van der Waals surface area contributed by atoms with Crippen molar-refractivity contribution in [2.75, 3.05) is 0 Å². The van der Waals surface area contributed by atoms with Crippen LogP contribution in [0.4, 0.5) is 4.79 Å². The molecule has 0 radical (unpaired) electrons. The third-order valence-electron chi connectivity index (χ3n) is 5.36. The van der Waals surface area contributed by atoms with E-state index < -0.39 is 23.8 Å². The minimum Gasteiger partial charge on any atom is -0.277 e. The summed E-state index contributed by atoms with van der Waals surface area (Å²) in [6.45, 7) is 2.19. The highest BCUT2D eigenvalue weighted by molar-refractivity contribution is 6.16. The molecule has 0 aromatic heterocycles. The second kappa shape index (κ2) is 9.04. The van der Waals surface area contributed by atoms with Crippen LogP contribution in [-0.2, 0) is 9.59 Å². The van der Waals surface area contributed by atoms with Gasteiger partial charge in [0.2, 0.25) is 11.8 Å². The van der Waals surface area contributed by atoms with Gasteiger partial charge in [-0.15, -0.1) is 0 Å². The van der Waals surface area contributed by atoms with Crippen molar-refractivity contribution in [1.29, 1.82) is 0 Å². The summed E-state index contributed by atoms with van der Waals surface area (Å²) in [7, 11) is 0. The van der Waals surface area contributed by atoms with Crippen LogP contribution in [0.25, 0.3) is 0 Å². The van der Waals surface area contributed by atoms with Crippen LogP contribution in [0.2, 0.25) is 0 Å². The molecular weight excluding hydrogens is 292 g/mol. The van der Waals surface area contributed by atoms with Crippen molar-refractivity contribution >= 4 is 17.8 Å². The van der Waals surface area contributed by atoms with Gasteiger partial charge < -0.3 is 0 Å². The lowest BCUT2D eigenvalue weighted by atomic mass is 9.71. The van der Waals surface area contributed by atoms with Gasteiger partial charge in [-0.05, 0) is 18.3 Å². The second-order valence-corrected chi connectivity index (χ2v) is 7.05. The fourth-order valence-corrected chi connectivity index (χ4v) is 4.14. The number of carbonyl (C=O) groups excluding carboxylic acids is 3. The molecule has 5 nitrogen and oxygen atoms in total. The maximum absolute atomic E-state index is 12.2. The largest absolute Gasteiger partial charge is 0.328 e. The molecule has 2 rings (SSSR count). The first-order valence-electron chi connectivity index (χ1n) is 9.29. The minimum absolute atomic E-state index is 0.0741. The molecule has 0 spiro atoms. The Morgan fingerprint density at radius 3 is 2.13 bits per heavy atom. The topological polar surface area (TPSA) is 75.3 Å². The van der Waals surface area contributed by atoms with Crippen molar-refractivity contribution < 1.29 is 14.4 Å². The first-order chi connectivity index (χ1) is 11.1. The molecule has 4 amide bonds. The Balaban J connectivity index is 2.00. The number of urea groups is 1. The van der Waals surface area contributed by atoms with Crippen molar-refractivity contribution in [3.63, 3.8) is 0 Å². The van der Waals surface area contributed by atoms with E-state index in [2.05, 4.69) is 17.6 Å². The lowest BCUT2D eigenvalue weighted by Crippen LogP contribution is -2.58. The molecule has 1 unspecified atom stereocenters. The fourth-order valence-electron chi connectivity index (χ4n) is 4.14. The van der Waals surface area contributed by atoms with Gasteiger partial charge in [-0.2, -0.15) is 0 Å². The monoisotopic (exact) mass is 322 g/mol. The van der Waals surface area contributed by atoms with Gasteiger partial charge in [-0.3, -0.25) is 20.2 Å². The Labute approximate surface area is 139 Å². The summed E-state index contributed by atoms with van der Waals surface area (Å²) in [6, 6.07) is -0.679. The van der Waals surface area contributed by atoms with Gasteiger partial charge in [-0.25, -0.2) is 4.79 Å². The lowest BCUT2D eigenvalue weighted by Gasteiger charge is -2.36. The van der Waals surface area contributed by atoms with Crippen LogP contribution < -0.4 is 10.6 Å². The van der Waals surface area contributed by atoms with Gasteiger partial charge in [0.05, 0.1) is 0 Å². The molecular formula is C18H30N2O3. The van der Waals surface area contributed by atoms with E-state index in [1.54, 1.807) is 0 Å². The third-order valence-corrected chi connectivity index (χ3v) is 5.36. The van der Waals surface area contributed by atoms with Gasteiger partial charge >= 0.3 is 6.03 Å².